The summed E-state index contributed by atoms with van der Waals surface area (Å²) in [6, 6.07) is 0. The van der Waals surface area contributed by atoms with Crippen molar-refractivity contribution >= 4 is 23.5 Å². The van der Waals surface area contributed by atoms with E-state index in [-0.39, 0.29) is 0 Å². The van der Waals surface area contributed by atoms with E-state index in [1.54, 1.807) is 0 Å². The summed E-state index contributed by atoms with van der Waals surface area (Å²) in [5, 5.41) is 22.4. The molecule has 0 radical (unpaired) electrons. The topological polar surface area (TPSA) is 113 Å². The second-order valence-corrected chi connectivity index (χ2v) is 2.24. The first-order valence-electron chi connectivity index (χ1n) is 2.89. The Hall–Kier alpha value is -1.76. The van der Waals surface area contributed by atoms with Crippen molar-refractivity contribution in [3.63, 3.8) is 0 Å². The van der Waals surface area contributed by atoms with Gasteiger partial charge < -0.3 is 10.2 Å². The van der Waals surface area contributed by atoms with E-state index in [1.165, 1.54) is 0 Å². The molecular formula is C5H2ClN3O4. The van der Waals surface area contributed by atoms with Crippen molar-refractivity contribution < 1.29 is 19.8 Å². The van der Waals surface area contributed by atoms with Crippen LogP contribution in [-0.4, -0.2) is 37.3 Å². The predicted octanol–water partition coefficient (Wildman–Crippen LogP) is -0.0786. The number of aromatic carboxylic acids is 2. The summed E-state index contributed by atoms with van der Waals surface area (Å²) in [7, 11) is 0. The van der Waals surface area contributed by atoms with Crippen LogP contribution in [0.15, 0.2) is 0 Å². The van der Waals surface area contributed by atoms with Crippen molar-refractivity contribution in [3.05, 3.63) is 16.7 Å². The SMILES string of the molecule is O=C(O)c1nnc(C(=O)O)c(Cl)n1. The number of rotatable bonds is 2. The third-order valence-corrected chi connectivity index (χ3v) is 1.30. The van der Waals surface area contributed by atoms with Gasteiger partial charge in [-0.2, -0.15) is 0 Å². The molecule has 0 saturated carbocycles. The third-order valence-electron chi connectivity index (χ3n) is 1.04. The molecule has 0 fully saturated rings. The number of carboxylic acid groups (broad SMARTS) is 2. The van der Waals surface area contributed by atoms with Crippen LogP contribution < -0.4 is 0 Å². The summed E-state index contributed by atoms with van der Waals surface area (Å²) < 4.78 is 0. The van der Waals surface area contributed by atoms with Crippen molar-refractivity contribution in [2.45, 2.75) is 0 Å². The van der Waals surface area contributed by atoms with Gasteiger partial charge in [0.2, 0.25) is 5.69 Å². The first kappa shape index (κ1) is 9.33. The Bertz CT molecular complexity index is 380. The quantitative estimate of drug-likeness (QED) is 0.691. The third kappa shape index (κ3) is 1.88. The molecule has 7 nitrogen and oxygen atoms in total. The molecule has 0 aromatic carbocycles. The lowest BCUT2D eigenvalue weighted by Gasteiger charge is -1.95. The van der Waals surface area contributed by atoms with Gasteiger partial charge in [0.25, 0.3) is 5.82 Å². The van der Waals surface area contributed by atoms with Crippen LogP contribution in [-0.2, 0) is 0 Å². The van der Waals surface area contributed by atoms with E-state index >= 15 is 0 Å². The molecule has 2 N–H and O–H groups in total. The average molecular weight is 204 g/mol. The van der Waals surface area contributed by atoms with Crippen molar-refractivity contribution in [2.24, 2.45) is 0 Å². The number of carbonyl (C=O) groups is 2. The van der Waals surface area contributed by atoms with Crippen LogP contribution in [0.1, 0.15) is 21.1 Å². The van der Waals surface area contributed by atoms with Crippen molar-refractivity contribution in [2.75, 3.05) is 0 Å². The van der Waals surface area contributed by atoms with E-state index in [2.05, 4.69) is 15.2 Å². The maximum Gasteiger partial charge on any atom is 0.375 e. The number of hydrogen-bond donors (Lipinski definition) is 2. The van der Waals surface area contributed by atoms with Crippen LogP contribution in [0.2, 0.25) is 5.15 Å². The summed E-state index contributed by atoms with van der Waals surface area (Å²) in [6.45, 7) is 0. The molecule has 1 aromatic heterocycles. The van der Waals surface area contributed by atoms with Gasteiger partial charge in [-0.05, 0) is 0 Å². The molecular weight excluding hydrogens is 202 g/mol. The minimum atomic E-state index is -1.42. The Morgan fingerprint density at radius 2 is 1.77 bits per heavy atom. The molecule has 1 rings (SSSR count). The summed E-state index contributed by atoms with van der Waals surface area (Å²) in [4.78, 5) is 23.8. The van der Waals surface area contributed by atoms with E-state index in [9.17, 15) is 9.59 Å². The van der Waals surface area contributed by atoms with Gasteiger partial charge in [0.05, 0.1) is 0 Å². The molecule has 13 heavy (non-hydrogen) atoms. The molecule has 0 amide bonds. The highest BCUT2D eigenvalue weighted by molar-refractivity contribution is 6.32. The van der Waals surface area contributed by atoms with Crippen LogP contribution in [0.5, 0.6) is 0 Å². The number of halogens is 1. The van der Waals surface area contributed by atoms with Crippen LogP contribution in [0.3, 0.4) is 0 Å². The molecule has 0 unspecified atom stereocenters. The Labute approximate surface area is 76.0 Å². The van der Waals surface area contributed by atoms with Crippen molar-refractivity contribution in [3.8, 4) is 0 Å². The maximum atomic E-state index is 10.3. The van der Waals surface area contributed by atoms with Gasteiger partial charge in [-0.25, -0.2) is 14.6 Å². The van der Waals surface area contributed by atoms with Gasteiger partial charge in [0, 0.05) is 0 Å². The highest BCUT2D eigenvalue weighted by Crippen LogP contribution is 2.08. The van der Waals surface area contributed by atoms with E-state index in [4.69, 9.17) is 21.8 Å². The first-order chi connectivity index (χ1) is 6.02. The van der Waals surface area contributed by atoms with Crippen molar-refractivity contribution in [1.29, 1.82) is 0 Å². The molecule has 1 heterocycles. The van der Waals surface area contributed by atoms with Crippen LogP contribution in [0.4, 0.5) is 0 Å². The fourth-order valence-electron chi connectivity index (χ4n) is 0.529. The zero-order valence-corrected chi connectivity index (χ0v) is 6.69. The Balaban J connectivity index is 3.20. The molecule has 0 aliphatic heterocycles. The van der Waals surface area contributed by atoms with Crippen molar-refractivity contribution in [1.82, 2.24) is 15.2 Å². The zero-order valence-electron chi connectivity index (χ0n) is 5.93. The number of nitrogens with zero attached hydrogens (tertiary/aromatic N) is 3. The zero-order chi connectivity index (χ0) is 10.0. The monoisotopic (exact) mass is 203 g/mol. The molecule has 0 aliphatic carbocycles. The van der Waals surface area contributed by atoms with Gasteiger partial charge in [-0.1, -0.05) is 11.6 Å². The smallest absolute Gasteiger partial charge is 0.375 e. The summed E-state index contributed by atoms with van der Waals surface area (Å²) in [5.74, 6) is -3.48. The Kier molecular flexibility index (Phi) is 2.38. The molecule has 1 aromatic rings. The first-order valence-corrected chi connectivity index (χ1v) is 3.27. The normalized spacial score (nSPS) is 9.62. The minimum Gasteiger partial charge on any atom is -0.476 e. The number of hydrogen-bond acceptors (Lipinski definition) is 5. The standard InChI is InChI=1S/C5H2ClN3O4/c6-2-1(4(10)11)8-9-3(7-2)5(12)13/h(H,10,11)(H,12,13). The van der Waals surface area contributed by atoms with Gasteiger partial charge >= 0.3 is 11.9 Å². The molecule has 0 bridgehead atoms. The molecule has 68 valence electrons. The van der Waals surface area contributed by atoms with E-state index in [0.717, 1.165) is 0 Å². The lowest BCUT2D eigenvalue weighted by atomic mass is 10.5. The Morgan fingerprint density at radius 3 is 2.15 bits per heavy atom. The van der Waals surface area contributed by atoms with Gasteiger partial charge in [0.1, 0.15) is 0 Å². The van der Waals surface area contributed by atoms with Crippen LogP contribution in [0.25, 0.3) is 0 Å². The summed E-state index contributed by atoms with van der Waals surface area (Å²) in [5.41, 5.74) is -0.577. The largest absolute Gasteiger partial charge is 0.476 e. The fraction of sp³-hybridized carbons (Fsp3) is 0. The van der Waals surface area contributed by atoms with Crippen LogP contribution >= 0.6 is 11.6 Å². The maximum absolute atomic E-state index is 10.3. The highest BCUT2D eigenvalue weighted by Gasteiger charge is 2.16. The molecule has 0 atom stereocenters. The van der Waals surface area contributed by atoms with Gasteiger partial charge in [-0.3, -0.25) is 0 Å². The summed E-state index contributed by atoms with van der Waals surface area (Å²) in [6.07, 6.45) is 0. The lowest BCUT2D eigenvalue weighted by molar-refractivity contribution is 0.0662. The van der Waals surface area contributed by atoms with E-state index in [0.29, 0.717) is 0 Å². The van der Waals surface area contributed by atoms with Gasteiger partial charge in [0.15, 0.2) is 5.15 Å². The summed E-state index contributed by atoms with van der Waals surface area (Å²) >= 11 is 5.31. The Morgan fingerprint density at radius 1 is 1.15 bits per heavy atom. The second-order valence-electron chi connectivity index (χ2n) is 1.89. The number of carboxylic acids is 2. The minimum absolute atomic E-state index is 0.500. The molecule has 8 heteroatoms. The van der Waals surface area contributed by atoms with Crippen LogP contribution in [0, 0.1) is 0 Å². The highest BCUT2D eigenvalue weighted by atomic mass is 35.5. The van der Waals surface area contributed by atoms with E-state index < -0.39 is 28.6 Å². The molecule has 0 saturated heterocycles. The number of aromatic nitrogens is 3. The fourth-order valence-corrected chi connectivity index (χ4v) is 0.727. The average Bonchev–Trinajstić information content (AvgIpc) is 2.03. The predicted molar refractivity (Wildman–Crippen MR) is 38.8 cm³/mol. The molecule has 0 spiro atoms. The second kappa shape index (κ2) is 3.31. The van der Waals surface area contributed by atoms with E-state index in [1.807, 2.05) is 0 Å². The lowest BCUT2D eigenvalue weighted by Crippen LogP contribution is -2.11. The van der Waals surface area contributed by atoms with Gasteiger partial charge in [-0.15, -0.1) is 10.2 Å². The molecule has 0 aliphatic rings.